The molecule has 1 aliphatic rings. The van der Waals surface area contributed by atoms with E-state index in [1.165, 1.54) is 16.0 Å². The average Bonchev–Trinajstić information content (AvgIpc) is 2.87. The van der Waals surface area contributed by atoms with Gasteiger partial charge in [0.25, 0.3) is 0 Å². The number of nitrogens with one attached hydrogen (secondary N) is 1. The molecule has 104 valence electrons. The molecule has 20 heavy (non-hydrogen) atoms. The lowest BCUT2D eigenvalue weighted by atomic mass is 10.1. The minimum Gasteiger partial charge on any atom is -0.309 e. The Labute approximate surface area is 123 Å². The van der Waals surface area contributed by atoms with Crippen LogP contribution in [0.15, 0.2) is 53.4 Å². The van der Waals surface area contributed by atoms with Crippen molar-refractivity contribution in [2.45, 2.75) is 23.8 Å². The maximum Gasteiger partial charge on any atom is 0.123 e. The Bertz CT molecular complexity index is 570. The average molecular weight is 287 g/mol. The van der Waals surface area contributed by atoms with Gasteiger partial charge in [-0.1, -0.05) is 24.3 Å². The zero-order valence-corrected chi connectivity index (χ0v) is 12.1. The molecular weight excluding hydrogens is 269 g/mol. The van der Waals surface area contributed by atoms with Gasteiger partial charge in [-0.05, 0) is 48.2 Å². The molecule has 0 fully saturated rings. The van der Waals surface area contributed by atoms with Crippen LogP contribution in [0.4, 0.5) is 4.39 Å². The van der Waals surface area contributed by atoms with Gasteiger partial charge in [-0.3, -0.25) is 0 Å². The molecule has 1 aliphatic carbocycles. The summed E-state index contributed by atoms with van der Waals surface area (Å²) in [6.07, 6.45) is 2.06. The van der Waals surface area contributed by atoms with Crippen molar-refractivity contribution < 1.29 is 4.39 Å². The Morgan fingerprint density at radius 3 is 2.85 bits per heavy atom. The highest BCUT2D eigenvalue weighted by Gasteiger charge is 2.21. The van der Waals surface area contributed by atoms with Gasteiger partial charge in [0, 0.05) is 23.2 Å². The largest absolute Gasteiger partial charge is 0.309 e. The van der Waals surface area contributed by atoms with Crippen molar-refractivity contribution in [1.82, 2.24) is 5.32 Å². The molecule has 0 saturated carbocycles. The third kappa shape index (κ3) is 3.22. The van der Waals surface area contributed by atoms with Crippen molar-refractivity contribution in [3.8, 4) is 0 Å². The van der Waals surface area contributed by atoms with E-state index in [4.69, 9.17) is 0 Å². The van der Waals surface area contributed by atoms with Crippen molar-refractivity contribution in [2.24, 2.45) is 0 Å². The van der Waals surface area contributed by atoms with Gasteiger partial charge < -0.3 is 5.32 Å². The molecule has 0 aromatic heterocycles. The number of aryl methyl sites for hydroxylation is 1. The van der Waals surface area contributed by atoms with E-state index in [1.807, 2.05) is 23.9 Å². The van der Waals surface area contributed by atoms with Crippen molar-refractivity contribution in [1.29, 1.82) is 0 Å². The molecular formula is C17H18FNS. The Morgan fingerprint density at radius 1 is 1.15 bits per heavy atom. The molecule has 0 spiro atoms. The lowest BCUT2D eigenvalue weighted by Gasteiger charge is -2.13. The summed E-state index contributed by atoms with van der Waals surface area (Å²) in [4.78, 5) is 1.31. The molecule has 0 amide bonds. The smallest absolute Gasteiger partial charge is 0.123 e. The van der Waals surface area contributed by atoms with E-state index in [-0.39, 0.29) is 5.82 Å². The first kappa shape index (κ1) is 13.7. The van der Waals surface area contributed by atoms with Gasteiger partial charge >= 0.3 is 0 Å². The van der Waals surface area contributed by atoms with Gasteiger partial charge in [0.1, 0.15) is 5.82 Å². The monoisotopic (exact) mass is 287 g/mol. The van der Waals surface area contributed by atoms with Crippen LogP contribution in [0.5, 0.6) is 0 Å². The number of hydrogen-bond acceptors (Lipinski definition) is 2. The lowest BCUT2D eigenvalue weighted by Crippen LogP contribution is -2.21. The van der Waals surface area contributed by atoms with Crippen LogP contribution >= 0.6 is 11.8 Å². The van der Waals surface area contributed by atoms with Gasteiger partial charge in [0.05, 0.1) is 0 Å². The third-order valence-corrected chi connectivity index (χ3v) is 4.70. The van der Waals surface area contributed by atoms with Crippen LogP contribution in [0.25, 0.3) is 0 Å². The quantitative estimate of drug-likeness (QED) is 0.653. The fraction of sp³-hybridized carbons (Fsp3) is 0.294. The van der Waals surface area contributed by atoms with E-state index >= 15 is 0 Å². The van der Waals surface area contributed by atoms with Crippen molar-refractivity contribution in [2.75, 3.05) is 12.3 Å². The van der Waals surface area contributed by atoms with Gasteiger partial charge in [0.15, 0.2) is 0 Å². The second-order valence-corrected chi connectivity index (χ2v) is 6.22. The lowest BCUT2D eigenvalue weighted by molar-refractivity contribution is 0.551. The Kier molecular flexibility index (Phi) is 4.38. The molecule has 3 heteroatoms. The number of hydrogen-bond donors (Lipinski definition) is 1. The van der Waals surface area contributed by atoms with Crippen LogP contribution in [0, 0.1) is 5.82 Å². The number of halogens is 1. The Hall–Kier alpha value is -1.32. The fourth-order valence-corrected chi connectivity index (χ4v) is 3.52. The van der Waals surface area contributed by atoms with Gasteiger partial charge in [-0.25, -0.2) is 4.39 Å². The molecule has 1 unspecified atom stereocenters. The van der Waals surface area contributed by atoms with Crippen LogP contribution in [0.2, 0.25) is 0 Å². The maximum atomic E-state index is 13.2. The van der Waals surface area contributed by atoms with E-state index < -0.39 is 0 Å². The highest BCUT2D eigenvalue weighted by Crippen LogP contribution is 2.31. The summed E-state index contributed by atoms with van der Waals surface area (Å²) in [6, 6.07) is 16.0. The summed E-state index contributed by atoms with van der Waals surface area (Å²) in [5.74, 6) is 0.931. The summed E-state index contributed by atoms with van der Waals surface area (Å²) in [5.41, 5.74) is 2.44. The first-order valence-electron chi connectivity index (χ1n) is 7.02. The minimum absolute atomic E-state index is 0.121. The second kappa shape index (κ2) is 6.42. The second-order valence-electron chi connectivity index (χ2n) is 5.05. The summed E-state index contributed by atoms with van der Waals surface area (Å²) >= 11 is 1.87. The molecule has 1 atom stereocenters. The van der Waals surface area contributed by atoms with Crippen molar-refractivity contribution in [3.05, 3.63) is 65.5 Å². The van der Waals surface area contributed by atoms with Crippen LogP contribution in [-0.4, -0.2) is 12.3 Å². The predicted molar refractivity (Wildman–Crippen MR) is 82.6 cm³/mol. The summed E-state index contributed by atoms with van der Waals surface area (Å²) in [7, 11) is 0. The summed E-state index contributed by atoms with van der Waals surface area (Å²) in [6.45, 7) is 0.973. The fourth-order valence-electron chi connectivity index (χ4n) is 2.72. The molecule has 0 heterocycles. The highest BCUT2D eigenvalue weighted by atomic mass is 32.2. The molecule has 1 N–H and O–H groups in total. The topological polar surface area (TPSA) is 12.0 Å². The van der Waals surface area contributed by atoms with Crippen molar-refractivity contribution >= 4 is 11.8 Å². The van der Waals surface area contributed by atoms with Crippen LogP contribution in [0.3, 0.4) is 0 Å². The van der Waals surface area contributed by atoms with E-state index in [0.29, 0.717) is 6.04 Å². The first-order valence-corrected chi connectivity index (χ1v) is 8.01. The summed E-state index contributed by atoms with van der Waals surface area (Å²) in [5, 5.41) is 3.58. The normalized spacial score (nSPS) is 17.1. The van der Waals surface area contributed by atoms with E-state index in [2.05, 4.69) is 29.6 Å². The predicted octanol–water partition coefficient (Wildman–Crippen LogP) is 4.19. The molecule has 0 saturated heterocycles. The highest BCUT2D eigenvalue weighted by molar-refractivity contribution is 7.99. The number of fused-ring (bicyclic) bond motifs is 1. The molecule has 2 aromatic carbocycles. The SMILES string of the molecule is Fc1ccc2c(c1)CCC2NCCSc1ccccc1. The molecule has 3 rings (SSSR count). The number of benzene rings is 2. The Balaban J connectivity index is 1.49. The standard InChI is InChI=1S/C17H18FNS/c18-14-7-8-16-13(12-14)6-9-17(16)19-10-11-20-15-4-2-1-3-5-15/h1-5,7-8,12,17,19H,6,9-11H2. The Morgan fingerprint density at radius 2 is 2.00 bits per heavy atom. The molecule has 0 bridgehead atoms. The molecule has 2 aromatic rings. The number of rotatable bonds is 5. The van der Waals surface area contributed by atoms with Gasteiger partial charge in [0.2, 0.25) is 0 Å². The van der Waals surface area contributed by atoms with Crippen LogP contribution in [0.1, 0.15) is 23.6 Å². The molecule has 1 nitrogen and oxygen atoms in total. The maximum absolute atomic E-state index is 13.2. The zero-order valence-electron chi connectivity index (χ0n) is 11.3. The summed E-state index contributed by atoms with van der Waals surface area (Å²) < 4.78 is 13.2. The van der Waals surface area contributed by atoms with Crippen molar-refractivity contribution in [3.63, 3.8) is 0 Å². The molecule has 0 radical (unpaired) electrons. The molecule has 0 aliphatic heterocycles. The van der Waals surface area contributed by atoms with E-state index in [9.17, 15) is 4.39 Å². The minimum atomic E-state index is -0.121. The van der Waals surface area contributed by atoms with Gasteiger partial charge in [-0.15, -0.1) is 11.8 Å². The third-order valence-electron chi connectivity index (χ3n) is 3.69. The number of thioether (sulfide) groups is 1. The van der Waals surface area contributed by atoms with Gasteiger partial charge in [-0.2, -0.15) is 0 Å². The van der Waals surface area contributed by atoms with E-state index in [0.717, 1.165) is 25.1 Å². The first-order chi connectivity index (χ1) is 9.83. The zero-order chi connectivity index (χ0) is 13.8. The van der Waals surface area contributed by atoms with E-state index in [1.54, 1.807) is 12.1 Å². The van der Waals surface area contributed by atoms with Crippen LogP contribution < -0.4 is 5.32 Å². The van der Waals surface area contributed by atoms with Crippen LogP contribution in [-0.2, 0) is 6.42 Å².